The zero-order chi connectivity index (χ0) is 19.8. The van der Waals surface area contributed by atoms with E-state index in [4.69, 9.17) is 14.5 Å². The molecule has 3 N–H and O–H groups in total. The Bertz CT molecular complexity index is 832. The molecular weight excluding hydrogens is 481 g/mol. The standard InChI is InChI=1S/C21H28IN5O2/c1-23-21(24-11-17(22)20(26-21)25-16-3-4-16)15-6-8-27(9-7-15)12-14-2-5-18-19(10-14)29-13-28-18/h2,5,10-11,15-16,23,25-26H,3-4,6-9,12-13H2,1H3. The van der Waals surface area contributed by atoms with Crippen LogP contribution in [0.15, 0.2) is 32.6 Å². The van der Waals surface area contributed by atoms with Gasteiger partial charge in [0.25, 0.3) is 0 Å². The highest BCUT2D eigenvalue weighted by Crippen LogP contribution is 2.35. The number of likely N-dealkylation sites (tertiary alicyclic amines) is 1. The quantitative estimate of drug-likeness (QED) is 0.513. The Labute approximate surface area is 185 Å². The SMILES string of the molecule is CNC1(C2CCN(Cc3ccc4c(c3)OCO4)CC2)N=CC(I)=C(NC2CC2)N1. The largest absolute Gasteiger partial charge is 0.454 e. The van der Waals surface area contributed by atoms with Crippen LogP contribution in [-0.4, -0.2) is 49.9 Å². The van der Waals surface area contributed by atoms with Gasteiger partial charge < -0.3 is 20.1 Å². The Morgan fingerprint density at radius 1 is 1.21 bits per heavy atom. The van der Waals surface area contributed by atoms with Crippen LogP contribution in [0.4, 0.5) is 0 Å². The summed E-state index contributed by atoms with van der Waals surface area (Å²) in [6.07, 6.45) is 6.73. The van der Waals surface area contributed by atoms with Crippen LogP contribution in [0.1, 0.15) is 31.2 Å². The number of piperidine rings is 1. The first-order chi connectivity index (χ1) is 14.1. The lowest BCUT2D eigenvalue weighted by Gasteiger charge is -2.44. The van der Waals surface area contributed by atoms with E-state index in [0.29, 0.717) is 18.8 Å². The molecule has 0 spiro atoms. The molecule has 1 unspecified atom stereocenters. The van der Waals surface area contributed by atoms with E-state index in [1.165, 1.54) is 18.4 Å². The van der Waals surface area contributed by atoms with E-state index in [0.717, 1.165) is 53.4 Å². The summed E-state index contributed by atoms with van der Waals surface area (Å²) >= 11 is 2.36. The fraction of sp³-hybridized carbons (Fsp3) is 0.571. The molecule has 4 aliphatic rings. The molecule has 0 radical (unpaired) electrons. The number of aliphatic imine (C=N–C) groups is 1. The van der Waals surface area contributed by atoms with Gasteiger partial charge in [0.15, 0.2) is 17.3 Å². The van der Waals surface area contributed by atoms with E-state index >= 15 is 0 Å². The van der Waals surface area contributed by atoms with E-state index in [1.807, 2.05) is 19.3 Å². The van der Waals surface area contributed by atoms with Crippen LogP contribution < -0.4 is 25.4 Å². The van der Waals surface area contributed by atoms with Crippen molar-refractivity contribution in [1.29, 1.82) is 0 Å². The molecule has 5 rings (SSSR count). The molecule has 1 saturated carbocycles. The maximum atomic E-state index is 5.52. The topological polar surface area (TPSA) is 70.2 Å². The zero-order valence-electron chi connectivity index (χ0n) is 16.7. The van der Waals surface area contributed by atoms with Gasteiger partial charge in [0, 0.05) is 24.7 Å². The minimum absolute atomic E-state index is 0.328. The maximum absolute atomic E-state index is 5.52. The Balaban J connectivity index is 1.21. The highest BCUT2D eigenvalue weighted by atomic mass is 127. The Hall–Kier alpha value is -1.52. The van der Waals surface area contributed by atoms with Gasteiger partial charge in [0.2, 0.25) is 6.79 Å². The van der Waals surface area contributed by atoms with Gasteiger partial charge >= 0.3 is 0 Å². The minimum Gasteiger partial charge on any atom is -0.454 e. The molecule has 8 heteroatoms. The number of nitrogens with one attached hydrogen (secondary N) is 3. The molecule has 2 fully saturated rings. The molecule has 29 heavy (non-hydrogen) atoms. The summed E-state index contributed by atoms with van der Waals surface area (Å²) in [5.74, 6) is 2.86. The minimum atomic E-state index is -0.420. The zero-order valence-corrected chi connectivity index (χ0v) is 18.9. The number of hydrogen-bond donors (Lipinski definition) is 3. The molecule has 1 aliphatic carbocycles. The Morgan fingerprint density at radius 3 is 2.76 bits per heavy atom. The monoisotopic (exact) mass is 509 g/mol. The highest BCUT2D eigenvalue weighted by Gasteiger charge is 2.41. The second-order valence-corrected chi connectivity index (χ2v) is 9.44. The summed E-state index contributed by atoms with van der Waals surface area (Å²) in [7, 11) is 2.01. The number of ether oxygens (including phenoxy) is 2. The average Bonchev–Trinajstić information content (AvgIpc) is 3.44. The molecule has 7 nitrogen and oxygen atoms in total. The number of nitrogens with zero attached hydrogens (tertiary/aromatic N) is 2. The molecule has 1 aromatic carbocycles. The van der Waals surface area contributed by atoms with Crippen molar-refractivity contribution in [3.05, 3.63) is 33.2 Å². The summed E-state index contributed by atoms with van der Waals surface area (Å²) in [5, 5.41) is 10.8. The van der Waals surface area contributed by atoms with Crippen molar-refractivity contribution in [1.82, 2.24) is 20.9 Å². The van der Waals surface area contributed by atoms with Gasteiger partial charge in [-0.3, -0.25) is 10.2 Å². The van der Waals surface area contributed by atoms with Crippen LogP contribution in [0.25, 0.3) is 0 Å². The first-order valence-electron chi connectivity index (χ1n) is 10.4. The van der Waals surface area contributed by atoms with Crippen molar-refractivity contribution >= 4 is 28.8 Å². The lowest BCUT2D eigenvalue weighted by Crippen LogP contribution is -2.63. The van der Waals surface area contributed by atoms with Gasteiger partial charge in [-0.05, 0) is 86.1 Å². The predicted molar refractivity (Wildman–Crippen MR) is 121 cm³/mol. The second kappa shape index (κ2) is 7.96. The summed E-state index contributed by atoms with van der Waals surface area (Å²) in [4.78, 5) is 7.43. The van der Waals surface area contributed by atoms with E-state index in [9.17, 15) is 0 Å². The Morgan fingerprint density at radius 2 is 2.00 bits per heavy atom. The molecule has 1 saturated heterocycles. The first-order valence-corrected chi connectivity index (χ1v) is 11.5. The Kier molecular flexibility index (Phi) is 5.34. The average molecular weight is 509 g/mol. The van der Waals surface area contributed by atoms with Crippen molar-refractivity contribution in [3.63, 3.8) is 0 Å². The van der Waals surface area contributed by atoms with Gasteiger partial charge in [0.05, 0.1) is 3.58 Å². The maximum Gasteiger partial charge on any atom is 0.231 e. The molecular formula is C21H28IN5O2. The fourth-order valence-electron chi connectivity index (χ4n) is 4.39. The van der Waals surface area contributed by atoms with Gasteiger partial charge in [-0.15, -0.1) is 0 Å². The molecule has 0 aromatic heterocycles. The van der Waals surface area contributed by atoms with E-state index in [1.54, 1.807) is 0 Å². The molecule has 156 valence electrons. The predicted octanol–water partition coefficient (Wildman–Crippen LogP) is 2.53. The summed E-state index contributed by atoms with van der Waals surface area (Å²) in [5.41, 5.74) is 1.28. The van der Waals surface area contributed by atoms with Crippen LogP contribution >= 0.6 is 22.6 Å². The van der Waals surface area contributed by atoms with Crippen LogP contribution in [0.2, 0.25) is 0 Å². The van der Waals surface area contributed by atoms with Crippen molar-refractivity contribution in [2.75, 3.05) is 26.9 Å². The fourth-order valence-corrected chi connectivity index (χ4v) is 4.82. The number of hydrogen-bond acceptors (Lipinski definition) is 7. The third-order valence-corrected chi connectivity index (χ3v) is 7.08. The van der Waals surface area contributed by atoms with Crippen LogP contribution in [0, 0.1) is 5.92 Å². The summed E-state index contributed by atoms with van der Waals surface area (Å²) < 4.78 is 12.1. The van der Waals surface area contributed by atoms with E-state index < -0.39 is 5.79 Å². The third kappa shape index (κ3) is 4.06. The smallest absolute Gasteiger partial charge is 0.231 e. The van der Waals surface area contributed by atoms with Crippen molar-refractivity contribution in [2.45, 2.75) is 44.1 Å². The van der Waals surface area contributed by atoms with Gasteiger partial charge in [0.1, 0.15) is 5.82 Å². The molecule has 0 bridgehead atoms. The van der Waals surface area contributed by atoms with Crippen LogP contribution in [0.3, 0.4) is 0 Å². The summed E-state index contributed by atoms with van der Waals surface area (Å²) in [6.45, 7) is 3.39. The molecule has 3 aliphatic heterocycles. The van der Waals surface area contributed by atoms with E-state index in [-0.39, 0.29) is 0 Å². The van der Waals surface area contributed by atoms with E-state index in [2.05, 4.69) is 55.6 Å². The lowest BCUT2D eigenvalue weighted by molar-refractivity contribution is 0.0934. The second-order valence-electron chi connectivity index (χ2n) is 8.28. The molecule has 0 amide bonds. The van der Waals surface area contributed by atoms with Gasteiger partial charge in [-0.2, -0.15) is 0 Å². The third-order valence-electron chi connectivity index (χ3n) is 6.26. The normalized spacial score (nSPS) is 27.2. The number of allylic oxidation sites excluding steroid dienone is 1. The lowest BCUT2D eigenvalue weighted by atomic mass is 9.88. The number of rotatable bonds is 6. The molecule has 1 aromatic rings. The van der Waals surface area contributed by atoms with Crippen molar-refractivity contribution < 1.29 is 9.47 Å². The number of benzene rings is 1. The molecule has 1 atom stereocenters. The van der Waals surface area contributed by atoms with Crippen LogP contribution in [-0.2, 0) is 6.54 Å². The van der Waals surface area contributed by atoms with Crippen molar-refractivity contribution in [3.8, 4) is 11.5 Å². The van der Waals surface area contributed by atoms with Crippen LogP contribution in [0.5, 0.6) is 11.5 Å². The first kappa shape index (κ1) is 19.4. The van der Waals surface area contributed by atoms with Gasteiger partial charge in [-0.25, -0.2) is 4.99 Å². The van der Waals surface area contributed by atoms with Gasteiger partial charge in [-0.1, -0.05) is 6.07 Å². The number of fused-ring (bicyclic) bond motifs is 1. The summed E-state index contributed by atoms with van der Waals surface area (Å²) in [6, 6.07) is 6.89. The molecule has 3 heterocycles. The highest BCUT2D eigenvalue weighted by molar-refractivity contribution is 14.1. The van der Waals surface area contributed by atoms with Crippen molar-refractivity contribution in [2.24, 2.45) is 10.9 Å². The number of halogens is 1.